The molecule has 0 amide bonds. The molecule has 0 spiro atoms. The summed E-state index contributed by atoms with van der Waals surface area (Å²) in [4.78, 5) is 2.51. The second kappa shape index (κ2) is 9.73. The van der Waals surface area contributed by atoms with Gasteiger partial charge >= 0.3 is 6.18 Å². The zero-order valence-electron chi connectivity index (χ0n) is 21.4. The average molecular weight is 526 g/mol. The molecule has 3 aromatic rings. The Balaban J connectivity index is 1.34. The van der Waals surface area contributed by atoms with Crippen molar-refractivity contribution in [1.29, 1.82) is 0 Å². The molecule has 3 aromatic carbocycles. The number of benzene rings is 3. The van der Waals surface area contributed by atoms with E-state index in [-0.39, 0.29) is 18.8 Å². The molecule has 0 saturated carbocycles. The van der Waals surface area contributed by atoms with Gasteiger partial charge in [-0.2, -0.15) is 13.2 Å². The van der Waals surface area contributed by atoms with Crippen LogP contribution in [0, 0.1) is 0 Å². The smallest absolute Gasteiger partial charge is 0.416 e. The summed E-state index contributed by atoms with van der Waals surface area (Å²) < 4.78 is 61.8. The molecule has 3 aliphatic heterocycles. The van der Waals surface area contributed by atoms with Gasteiger partial charge in [0.2, 0.25) is 6.79 Å². The van der Waals surface area contributed by atoms with Crippen LogP contribution in [-0.2, 0) is 25.6 Å². The predicted octanol–water partition coefficient (Wildman–Crippen LogP) is 6.67. The highest BCUT2D eigenvalue weighted by Gasteiger charge is 2.41. The van der Waals surface area contributed by atoms with Crippen LogP contribution in [0.1, 0.15) is 58.2 Å². The molecule has 8 heteroatoms. The molecule has 0 saturated heterocycles. The third kappa shape index (κ3) is 4.34. The summed E-state index contributed by atoms with van der Waals surface area (Å²) >= 11 is 0. The van der Waals surface area contributed by atoms with E-state index in [0.29, 0.717) is 12.2 Å². The molecule has 5 nitrogen and oxygen atoms in total. The Morgan fingerprint density at radius 2 is 1.71 bits per heavy atom. The van der Waals surface area contributed by atoms with Crippen molar-refractivity contribution in [3.05, 3.63) is 81.9 Å². The maximum absolute atomic E-state index is 13.0. The number of methoxy groups -OCH3 is 2. The first kappa shape index (κ1) is 24.9. The van der Waals surface area contributed by atoms with Crippen LogP contribution in [0.15, 0.2) is 48.5 Å². The van der Waals surface area contributed by atoms with E-state index in [4.69, 9.17) is 18.9 Å². The Kier molecular flexibility index (Phi) is 6.38. The summed E-state index contributed by atoms with van der Waals surface area (Å²) in [5, 5.41) is 0. The summed E-state index contributed by atoms with van der Waals surface area (Å²) in [6.45, 7) is 1.90. The van der Waals surface area contributed by atoms with Gasteiger partial charge in [-0.3, -0.25) is 4.90 Å². The van der Waals surface area contributed by atoms with Crippen LogP contribution in [-0.4, -0.2) is 32.5 Å². The molecule has 0 aliphatic carbocycles. The monoisotopic (exact) mass is 525 g/mol. The van der Waals surface area contributed by atoms with Crippen LogP contribution in [0.4, 0.5) is 13.2 Å². The molecule has 2 unspecified atom stereocenters. The topological polar surface area (TPSA) is 40.2 Å². The first-order chi connectivity index (χ1) is 18.4. The molecular weight excluding hydrogens is 495 g/mol. The fourth-order valence-electron chi connectivity index (χ4n) is 6.33. The van der Waals surface area contributed by atoms with Gasteiger partial charge in [-0.1, -0.05) is 18.2 Å². The van der Waals surface area contributed by atoms with E-state index < -0.39 is 11.7 Å². The highest BCUT2D eigenvalue weighted by atomic mass is 19.4. The lowest BCUT2D eigenvalue weighted by molar-refractivity contribution is -0.137. The first-order valence-electron chi connectivity index (χ1n) is 12.9. The number of hydrogen-bond donors (Lipinski definition) is 0. The van der Waals surface area contributed by atoms with Crippen molar-refractivity contribution in [1.82, 2.24) is 4.90 Å². The number of rotatable bonds is 6. The Morgan fingerprint density at radius 3 is 2.42 bits per heavy atom. The summed E-state index contributed by atoms with van der Waals surface area (Å²) in [6, 6.07) is 14.1. The summed E-state index contributed by atoms with van der Waals surface area (Å²) in [7, 11) is 3.33. The quantitative estimate of drug-likeness (QED) is 0.360. The van der Waals surface area contributed by atoms with Gasteiger partial charge in [-0.05, 0) is 78.3 Å². The molecule has 0 aromatic heterocycles. The number of alkyl halides is 3. The molecule has 0 N–H and O–H groups in total. The third-order valence-electron chi connectivity index (χ3n) is 8.10. The fraction of sp³-hybridized carbons (Fsp3) is 0.400. The number of ether oxygens (including phenoxy) is 4. The van der Waals surface area contributed by atoms with E-state index in [9.17, 15) is 13.2 Å². The molecule has 2 atom stereocenters. The molecule has 3 aliphatic rings. The average Bonchev–Trinajstić information content (AvgIpc) is 3.37. The van der Waals surface area contributed by atoms with Crippen molar-refractivity contribution in [2.75, 3.05) is 27.6 Å². The summed E-state index contributed by atoms with van der Waals surface area (Å²) in [6.07, 6.45) is -0.982. The molecule has 3 heterocycles. The van der Waals surface area contributed by atoms with Crippen LogP contribution in [0.5, 0.6) is 23.0 Å². The molecule has 0 bridgehead atoms. The van der Waals surface area contributed by atoms with E-state index in [1.807, 2.05) is 6.07 Å². The van der Waals surface area contributed by atoms with Gasteiger partial charge in [-0.15, -0.1) is 0 Å². The van der Waals surface area contributed by atoms with Crippen molar-refractivity contribution >= 4 is 0 Å². The molecular formula is C30H30F3NO4. The van der Waals surface area contributed by atoms with Gasteiger partial charge in [0.1, 0.15) is 0 Å². The second-order valence-corrected chi connectivity index (χ2v) is 10.1. The molecule has 0 fully saturated rings. The molecule has 38 heavy (non-hydrogen) atoms. The van der Waals surface area contributed by atoms with E-state index in [1.165, 1.54) is 28.8 Å². The van der Waals surface area contributed by atoms with E-state index in [2.05, 4.69) is 23.1 Å². The van der Waals surface area contributed by atoms with Crippen molar-refractivity contribution in [2.24, 2.45) is 0 Å². The maximum Gasteiger partial charge on any atom is 0.416 e. The fourth-order valence-corrected chi connectivity index (χ4v) is 6.33. The minimum absolute atomic E-state index is 0.159. The minimum Gasteiger partial charge on any atom is -0.493 e. The number of aryl methyl sites for hydroxylation is 1. The SMILES string of the molecule is COc1ccc2c(c1OC)CN1CCc3cc4c(cc3C1C2CCCc1ccc(C(F)(F)F)cc1)OCO4. The van der Waals surface area contributed by atoms with E-state index in [1.54, 1.807) is 26.4 Å². The number of halogens is 3. The standard InChI is InChI=1S/C30H30F3NO4/c1-35-25-11-10-21-22(5-3-4-18-6-8-20(9-7-18)30(31,32)33)28-23-15-27-26(37-17-38-27)14-19(23)12-13-34(28)16-24(21)29(25)36-2/h6-11,14-15,22,28H,3-5,12-13,16-17H2,1-2H3. The lowest BCUT2D eigenvalue weighted by Crippen LogP contribution is -2.42. The maximum atomic E-state index is 13.0. The van der Waals surface area contributed by atoms with Crippen LogP contribution >= 0.6 is 0 Å². The highest BCUT2D eigenvalue weighted by molar-refractivity contribution is 5.56. The van der Waals surface area contributed by atoms with Crippen LogP contribution in [0.25, 0.3) is 0 Å². The highest BCUT2D eigenvalue weighted by Crippen LogP contribution is 2.53. The Morgan fingerprint density at radius 1 is 0.947 bits per heavy atom. The number of hydrogen-bond acceptors (Lipinski definition) is 5. The van der Waals surface area contributed by atoms with E-state index >= 15 is 0 Å². The minimum atomic E-state index is -4.32. The van der Waals surface area contributed by atoms with Crippen LogP contribution in [0.3, 0.4) is 0 Å². The largest absolute Gasteiger partial charge is 0.493 e. The number of fused-ring (bicyclic) bond motifs is 5. The normalized spacial score (nSPS) is 19.9. The van der Waals surface area contributed by atoms with Gasteiger partial charge in [-0.25, -0.2) is 0 Å². The van der Waals surface area contributed by atoms with E-state index in [0.717, 1.165) is 60.7 Å². The van der Waals surface area contributed by atoms with Crippen molar-refractivity contribution in [2.45, 2.75) is 50.4 Å². The molecule has 200 valence electrons. The van der Waals surface area contributed by atoms with Crippen molar-refractivity contribution in [3.8, 4) is 23.0 Å². The van der Waals surface area contributed by atoms with Crippen molar-refractivity contribution < 1.29 is 32.1 Å². The second-order valence-electron chi connectivity index (χ2n) is 10.1. The zero-order valence-corrected chi connectivity index (χ0v) is 21.4. The number of nitrogens with zero attached hydrogens (tertiary/aromatic N) is 1. The van der Waals surface area contributed by atoms with Crippen LogP contribution in [0.2, 0.25) is 0 Å². The Labute approximate surface area is 220 Å². The van der Waals surface area contributed by atoms with Gasteiger partial charge in [0, 0.05) is 30.6 Å². The van der Waals surface area contributed by atoms with Gasteiger partial charge < -0.3 is 18.9 Å². The lowest BCUT2D eigenvalue weighted by Gasteiger charge is -2.46. The van der Waals surface area contributed by atoms with Crippen molar-refractivity contribution in [3.63, 3.8) is 0 Å². The summed E-state index contributed by atoms with van der Waals surface area (Å²) in [5.41, 5.74) is 5.23. The first-order valence-corrected chi connectivity index (χ1v) is 12.9. The lowest BCUT2D eigenvalue weighted by atomic mass is 9.74. The van der Waals surface area contributed by atoms with Gasteiger partial charge in [0.05, 0.1) is 19.8 Å². The molecule has 6 rings (SSSR count). The predicted molar refractivity (Wildman–Crippen MR) is 136 cm³/mol. The summed E-state index contributed by atoms with van der Waals surface area (Å²) in [5.74, 6) is 3.25. The zero-order chi connectivity index (χ0) is 26.4. The van der Waals surface area contributed by atoms with Crippen LogP contribution < -0.4 is 18.9 Å². The van der Waals surface area contributed by atoms with Gasteiger partial charge in [0.25, 0.3) is 0 Å². The Bertz CT molecular complexity index is 1340. The Hall–Kier alpha value is -3.39. The third-order valence-corrected chi connectivity index (χ3v) is 8.10. The molecule has 0 radical (unpaired) electrons. The van der Waals surface area contributed by atoms with Gasteiger partial charge in [0.15, 0.2) is 23.0 Å².